The van der Waals surface area contributed by atoms with E-state index < -0.39 is 22.1 Å². The third-order valence-corrected chi connectivity index (χ3v) is 1.76. The number of nitrogens with one attached hydrogen (secondary N) is 1. The molecule has 0 atom stereocenters. The Hall–Kier alpha value is -2.22. The molecule has 1 aromatic rings. The van der Waals surface area contributed by atoms with Crippen molar-refractivity contribution in [2.45, 2.75) is 0 Å². The Bertz CT molecular complexity index is 420. The SMILES string of the molecule is NCCNc1cc(C(=O)O)c([N+](=O)[O-])cn1. The molecule has 0 unspecified atom stereocenters. The van der Waals surface area contributed by atoms with Crippen LogP contribution in [0.2, 0.25) is 0 Å². The molecule has 8 nitrogen and oxygen atoms in total. The van der Waals surface area contributed by atoms with Crippen molar-refractivity contribution in [3.05, 3.63) is 27.9 Å². The van der Waals surface area contributed by atoms with Gasteiger partial charge in [0.2, 0.25) is 0 Å². The molecule has 0 amide bonds. The van der Waals surface area contributed by atoms with Gasteiger partial charge in [0.25, 0.3) is 0 Å². The Kier molecular flexibility index (Phi) is 3.72. The smallest absolute Gasteiger partial charge is 0.342 e. The first-order chi connectivity index (χ1) is 7.56. The zero-order chi connectivity index (χ0) is 12.1. The zero-order valence-corrected chi connectivity index (χ0v) is 8.21. The molecule has 16 heavy (non-hydrogen) atoms. The van der Waals surface area contributed by atoms with Gasteiger partial charge in [-0.2, -0.15) is 0 Å². The first-order valence-electron chi connectivity index (χ1n) is 4.38. The number of rotatable bonds is 5. The van der Waals surface area contributed by atoms with Crippen molar-refractivity contribution >= 4 is 17.5 Å². The second-order valence-electron chi connectivity index (χ2n) is 2.86. The molecule has 0 fully saturated rings. The lowest BCUT2D eigenvalue weighted by Crippen LogP contribution is -2.14. The van der Waals surface area contributed by atoms with Gasteiger partial charge in [-0.15, -0.1) is 0 Å². The zero-order valence-electron chi connectivity index (χ0n) is 8.21. The number of nitrogens with two attached hydrogens (primary N) is 1. The molecule has 0 radical (unpaired) electrons. The van der Waals surface area contributed by atoms with E-state index in [1.165, 1.54) is 0 Å². The number of carboxylic acids is 1. The average molecular weight is 226 g/mol. The molecule has 0 aliphatic heterocycles. The summed E-state index contributed by atoms with van der Waals surface area (Å²) in [5, 5.41) is 22.0. The van der Waals surface area contributed by atoms with E-state index in [0.717, 1.165) is 12.3 Å². The van der Waals surface area contributed by atoms with Crippen molar-refractivity contribution in [2.24, 2.45) is 5.73 Å². The Morgan fingerprint density at radius 3 is 2.88 bits per heavy atom. The summed E-state index contributed by atoms with van der Waals surface area (Å²) in [6.45, 7) is 0.755. The van der Waals surface area contributed by atoms with Gasteiger partial charge in [0.05, 0.1) is 4.92 Å². The van der Waals surface area contributed by atoms with Crippen LogP contribution in [-0.4, -0.2) is 34.1 Å². The molecular weight excluding hydrogens is 216 g/mol. The Morgan fingerprint density at radius 1 is 1.69 bits per heavy atom. The molecule has 0 aliphatic rings. The number of carboxylic acid groups (broad SMARTS) is 1. The van der Waals surface area contributed by atoms with Crippen molar-refractivity contribution in [3.63, 3.8) is 0 Å². The van der Waals surface area contributed by atoms with Crippen LogP contribution in [0.15, 0.2) is 12.3 Å². The highest BCUT2D eigenvalue weighted by atomic mass is 16.6. The quantitative estimate of drug-likeness (QED) is 0.477. The average Bonchev–Trinajstić information content (AvgIpc) is 2.25. The number of nitro groups is 1. The third-order valence-electron chi connectivity index (χ3n) is 1.76. The first kappa shape index (κ1) is 11.9. The van der Waals surface area contributed by atoms with Gasteiger partial charge in [-0.25, -0.2) is 9.78 Å². The van der Waals surface area contributed by atoms with E-state index >= 15 is 0 Å². The highest BCUT2D eigenvalue weighted by Crippen LogP contribution is 2.19. The molecule has 0 bridgehead atoms. The van der Waals surface area contributed by atoms with E-state index in [1.54, 1.807) is 0 Å². The maximum atomic E-state index is 10.8. The summed E-state index contributed by atoms with van der Waals surface area (Å²) in [7, 11) is 0. The van der Waals surface area contributed by atoms with Crippen LogP contribution in [0.3, 0.4) is 0 Å². The van der Waals surface area contributed by atoms with Gasteiger partial charge >= 0.3 is 11.7 Å². The molecule has 86 valence electrons. The normalized spacial score (nSPS) is 9.81. The largest absolute Gasteiger partial charge is 0.477 e. The number of pyridine rings is 1. The van der Waals surface area contributed by atoms with Gasteiger partial charge in [0, 0.05) is 19.2 Å². The summed E-state index contributed by atoms with van der Waals surface area (Å²) in [6.07, 6.45) is 0.905. The molecule has 1 heterocycles. The number of carbonyl (C=O) groups is 1. The van der Waals surface area contributed by atoms with E-state index in [1.807, 2.05) is 0 Å². The van der Waals surface area contributed by atoms with Crippen molar-refractivity contribution in [2.75, 3.05) is 18.4 Å². The van der Waals surface area contributed by atoms with E-state index in [0.29, 0.717) is 13.1 Å². The second-order valence-corrected chi connectivity index (χ2v) is 2.86. The minimum atomic E-state index is -1.37. The van der Waals surface area contributed by atoms with Crippen molar-refractivity contribution in [1.29, 1.82) is 0 Å². The van der Waals surface area contributed by atoms with Crippen LogP contribution in [0, 0.1) is 10.1 Å². The van der Waals surface area contributed by atoms with Gasteiger partial charge in [-0.3, -0.25) is 10.1 Å². The molecule has 0 saturated carbocycles. The fraction of sp³-hybridized carbons (Fsp3) is 0.250. The van der Waals surface area contributed by atoms with Crippen molar-refractivity contribution in [1.82, 2.24) is 4.98 Å². The van der Waals surface area contributed by atoms with Gasteiger partial charge < -0.3 is 16.2 Å². The summed E-state index contributed by atoms with van der Waals surface area (Å²) in [5.74, 6) is -1.13. The fourth-order valence-corrected chi connectivity index (χ4v) is 1.06. The predicted molar refractivity (Wildman–Crippen MR) is 55.4 cm³/mol. The highest BCUT2D eigenvalue weighted by molar-refractivity contribution is 5.93. The number of hydrogen-bond acceptors (Lipinski definition) is 6. The lowest BCUT2D eigenvalue weighted by Gasteiger charge is -2.04. The number of nitrogens with zero attached hydrogens (tertiary/aromatic N) is 2. The topological polar surface area (TPSA) is 131 Å². The molecule has 0 aromatic carbocycles. The Labute approximate surface area is 90.2 Å². The standard InChI is InChI=1S/C8H10N4O4/c9-1-2-10-7-3-5(8(13)14)6(4-11-7)12(15)16/h3-4H,1-2,9H2,(H,10,11)(H,13,14). The number of aromatic nitrogens is 1. The maximum Gasteiger partial charge on any atom is 0.342 e. The van der Waals surface area contributed by atoms with Crippen molar-refractivity contribution in [3.8, 4) is 0 Å². The molecule has 8 heteroatoms. The minimum Gasteiger partial charge on any atom is -0.477 e. The first-order valence-corrected chi connectivity index (χ1v) is 4.38. The number of hydrogen-bond donors (Lipinski definition) is 3. The van der Waals surface area contributed by atoms with Crippen LogP contribution >= 0.6 is 0 Å². The Morgan fingerprint density at radius 2 is 2.38 bits per heavy atom. The van der Waals surface area contributed by atoms with Gasteiger partial charge in [0.15, 0.2) is 0 Å². The summed E-state index contributed by atoms with van der Waals surface area (Å²) < 4.78 is 0. The highest BCUT2D eigenvalue weighted by Gasteiger charge is 2.20. The van der Waals surface area contributed by atoms with Crippen molar-refractivity contribution < 1.29 is 14.8 Å². The summed E-state index contributed by atoms with van der Waals surface area (Å²) in [5.41, 5.74) is 4.30. The van der Waals surface area contributed by atoms with Crippen LogP contribution in [-0.2, 0) is 0 Å². The van der Waals surface area contributed by atoms with Crippen LogP contribution in [0.1, 0.15) is 10.4 Å². The van der Waals surface area contributed by atoms with Gasteiger partial charge in [-0.1, -0.05) is 0 Å². The van der Waals surface area contributed by atoms with Crippen LogP contribution in [0.25, 0.3) is 0 Å². The predicted octanol–water partition coefficient (Wildman–Crippen LogP) is 0.0586. The minimum absolute atomic E-state index is 0.244. The molecule has 1 aromatic heterocycles. The van der Waals surface area contributed by atoms with Gasteiger partial charge in [-0.05, 0) is 0 Å². The van der Waals surface area contributed by atoms with Crippen LogP contribution in [0.5, 0.6) is 0 Å². The van der Waals surface area contributed by atoms with Crippen LogP contribution in [0.4, 0.5) is 11.5 Å². The molecule has 4 N–H and O–H groups in total. The second kappa shape index (κ2) is 5.03. The van der Waals surface area contributed by atoms with E-state index in [2.05, 4.69) is 10.3 Å². The van der Waals surface area contributed by atoms with E-state index in [4.69, 9.17) is 10.8 Å². The lowest BCUT2D eigenvalue weighted by molar-refractivity contribution is -0.385. The fourth-order valence-electron chi connectivity index (χ4n) is 1.06. The molecule has 1 rings (SSSR count). The lowest BCUT2D eigenvalue weighted by atomic mass is 10.2. The third kappa shape index (κ3) is 2.64. The maximum absolute atomic E-state index is 10.8. The number of aromatic carboxylic acids is 1. The summed E-state index contributed by atoms with van der Waals surface area (Å²) in [4.78, 5) is 24.2. The van der Waals surface area contributed by atoms with Crippen LogP contribution < -0.4 is 11.1 Å². The monoisotopic (exact) mass is 226 g/mol. The summed E-state index contributed by atoms with van der Waals surface area (Å²) >= 11 is 0. The Balaban J connectivity index is 3.07. The van der Waals surface area contributed by atoms with E-state index in [-0.39, 0.29) is 5.82 Å². The molecule has 0 spiro atoms. The van der Waals surface area contributed by atoms with E-state index in [9.17, 15) is 14.9 Å². The summed E-state index contributed by atoms with van der Waals surface area (Å²) in [6, 6.07) is 1.11. The molecule has 0 saturated heterocycles. The number of anilines is 1. The molecular formula is C8H10N4O4. The van der Waals surface area contributed by atoms with Gasteiger partial charge in [0.1, 0.15) is 17.6 Å². The molecule has 0 aliphatic carbocycles.